The average molecular weight is 566 g/mol. The van der Waals surface area contributed by atoms with Crippen LogP contribution in [0, 0.1) is 0 Å². The van der Waals surface area contributed by atoms with Gasteiger partial charge in [-0.3, -0.25) is 9.79 Å². The number of anilines is 1. The standard InChI is InChI=1S/C25H35N5O2.HI/c1-3-26-25(27-15-13-21-9-11-23(32-2)12-10-21)28-16-14-24(31)30-19-17-29(18-20-30)22-7-5-4-6-8-22;/h4-12H,3,13-20H2,1-2H3,(H2,26,27,28);1H. The molecule has 0 spiro atoms. The zero-order valence-electron chi connectivity index (χ0n) is 19.6. The zero-order chi connectivity index (χ0) is 22.6. The summed E-state index contributed by atoms with van der Waals surface area (Å²) < 4.78 is 5.20. The number of halogens is 1. The summed E-state index contributed by atoms with van der Waals surface area (Å²) in [5.74, 6) is 1.79. The third kappa shape index (κ3) is 8.75. The van der Waals surface area contributed by atoms with Crippen LogP contribution in [0.4, 0.5) is 5.69 Å². The molecule has 2 aromatic rings. The maximum Gasteiger partial charge on any atom is 0.224 e. The van der Waals surface area contributed by atoms with Crippen LogP contribution < -0.4 is 20.3 Å². The van der Waals surface area contributed by atoms with Crippen molar-refractivity contribution in [2.75, 3.05) is 57.8 Å². The number of benzene rings is 2. The molecular weight excluding hydrogens is 529 g/mol. The summed E-state index contributed by atoms with van der Waals surface area (Å²) in [6.07, 6.45) is 1.32. The van der Waals surface area contributed by atoms with Crippen molar-refractivity contribution >= 4 is 41.5 Å². The van der Waals surface area contributed by atoms with Gasteiger partial charge in [-0.15, -0.1) is 24.0 Å². The molecule has 33 heavy (non-hydrogen) atoms. The molecule has 2 N–H and O–H groups in total. The average Bonchev–Trinajstić information content (AvgIpc) is 2.85. The lowest BCUT2D eigenvalue weighted by atomic mass is 10.1. The van der Waals surface area contributed by atoms with E-state index in [4.69, 9.17) is 4.74 Å². The molecule has 0 aliphatic carbocycles. The van der Waals surface area contributed by atoms with Gasteiger partial charge in [-0.25, -0.2) is 0 Å². The number of amides is 1. The van der Waals surface area contributed by atoms with E-state index in [0.717, 1.165) is 57.4 Å². The van der Waals surface area contributed by atoms with Crippen LogP contribution in [-0.4, -0.2) is 69.7 Å². The smallest absolute Gasteiger partial charge is 0.224 e. The fourth-order valence-electron chi connectivity index (χ4n) is 3.73. The van der Waals surface area contributed by atoms with Crippen molar-refractivity contribution in [3.63, 3.8) is 0 Å². The quantitative estimate of drug-likeness (QED) is 0.278. The van der Waals surface area contributed by atoms with Crippen LogP contribution in [0.15, 0.2) is 59.6 Å². The maximum atomic E-state index is 12.6. The monoisotopic (exact) mass is 565 g/mol. The topological polar surface area (TPSA) is 69.2 Å². The molecule has 0 saturated carbocycles. The number of ether oxygens (including phenoxy) is 1. The first-order valence-corrected chi connectivity index (χ1v) is 11.4. The summed E-state index contributed by atoms with van der Waals surface area (Å²) in [7, 11) is 1.67. The highest BCUT2D eigenvalue weighted by Gasteiger charge is 2.20. The highest BCUT2D eigenvalue weighted by Crippen LogP contribution is 2.16. The Hall–Kier alpha value is -2.49. The number of methoxy groups -OCH3 is 1. The molecule has 0 radical (unpaired) electrons. The van der Waals surface area contributed by atoms with E-state index in [9.17, 15) is 4.79 Å². The predicted molar refractivity (Wildman–Crippen MR) is 146 cm³/mol. The molecule has 0 aromatic heterocycles. The highest BCUT2D eigenvalue weighted by atomic mass is 127. The normalized spacial score (nSPS) is 13.8. The molecule has 180 valence electrons. The summed E-state index contributed by atoms with van der Waals surface area (Å²) in [5.41, 5.74) is 2.46. The molecular formula is C25H36IN5O2. The van der Waals surface area contributed by atoms with E-state index in [2.05, 4.69) is 56.9 Å². The molecule has 1 heterocycles. The molecule has 2 aromatic carbocycles. The Labute approximate surface area is 214 Å². The van der Waals surface area contributed by atoms with E-state index in [-0.39, 0.29) is 29.9 Å². The molecule has 0 bridgehead atoms. The Morgan fingerprint density at radius 3 is 2.33 bits per heavy atom. The van der Waals surface area contributed by atoms with Gasteiger partial charge in [0.05, 0.1) is 13.7 Å². The minimum absolute atomic E-state index is 0. The van der Waals surface area contributed by atoms with Gasteiger partial charge in [0.25, 0.3) is 0 Å². The minimum atomic E-state index is 0. The van der Waals surface area contributed by atoms with Gasteiger partial charge in [-0.1, -0.05) is 30.3 Å². The third-order valence-corrected chi connectivity index (χ3v) is 5.56. The fourth-order valence-corrected chi connectivity index (χ4v) is 3.73. The van der Waals surface area contributed by atoms with Crippen molar-refractivity contribution in [3.05, 3.63) is 60.2 Å². The lowest BCUT2D eigenvalue weighted by molar-refractivity contribution is -0.131. The second-order valence-corrected chi connectivity index (χ2v) is 7.74. The van der Waals surface area contributed by atoms with Crippen molar-refractivity contribution < 1.29 is 9.53 Å². The van der Waals surface area contributed by atoms with Crippen LogP contribution in [0.1, 0.15) is 18.9 Å². The van der Waals surface area contributed by atoms with Crippen molar-refractivity contribution in [3.8, 4) is 5.75 Å². The molecule has 7 nitrogen and oxygen atoms in total. The SMILES string of the molecule is CCNC(=NCCC(=O)N1CCN(c2ccccc2)CC1)NCCc1ccc(OC)cc1.I. The number of nitrogens with one attached hydrogen (secondary N) is 2. The van der Waals surface area contributed by atoms with Gasteiger partial charge in [-0.2, -0.15) is 0 Å². The summed E-state index contributed by atoms with van der Waals surface area (Å²) in [6, 6.07) is 18.5. The minimum Gasteiger partial charge on any atom is -0.497 e. The summed E-state index contributed by atoms with van der Waals surface area (Å²) >= 11 is 0. The van der Waals surface area contributed by atoms with Crippen LogP contribution in [0.25, 0.3) is 0 Å². The van der Waals surface area contributed by atoms with Gasteiger partial charge in [-0.05, 0) is 43.2 Å². The number of rotatable bonds is 9. The lowest BCUT2D eigenvalue weighted by Crippen LogP contribution is -2.49. The van der Waals surface area contributed by atoms with E-state index < -0.39 is 0 Å². The number of hydrogen-bond donors (Lipinski definition) is 2. The zero-order valence-corrected chi connectivity index (χ0v) is 22.0. The van der Waals surface area contributed by atoms with Gasteiger partial charge in [0, 0.05) is 51.4 Å². The molecule has 1 fully saturated rings. The van der Waals surface area contributed by atoms with E-state index >= 15 is 0 Å². The number of para-hydroxylation sites is 1. The van der Waals surface area contributed by atoms with Crippen molar-refractivity contribution in [1.82, 2.24) is 15.5 Å². The van der Waals surface area contributed by atoms with Gasteiger partial charge in [0.2, 0.25) is 5.91 Å². The molecule has 0 atom stereocenters. The van der Waals surface area contributed by atoms with Gasteiger partial charge >= 0.3 is 0 Å². The Morgan fingerprint density at radius 1 is 1.00 bits per heavy atom. The number of aliphatic imine (C=N–C) groups is 1. The summed E-state index contributed by atoms with van der Waals surface area (Å²) in [6.45, 7) is 7.34. The first kappa shape index (κ1) is 26.8. The Balaban J connectivity index is 0.00000385. The molecule has 3 rings (SSSR count). The molecule has 8 heteroatoms. The first-order chi connectivity index (χ1) is 15.7. The Bertz CT molecular complexity index is 853. The third-order valence-electron chi connectivity index (χ3n) is 5.56. The second-order valence-electron chi connectivity index (χ2n) is 7.74. The van der Waals surface area contributed by atoms with Crippen molar-refractivity contribution in [1.29, 1.82) is 0 Å². The number of hydrogen-bond acceptors (Lipinski definition) is 4. The Morgan fingerprint density at radius 2 is 1.70 bits per heavy atom. The summed E-state index contributed by atoms with van der Waals surface area (Å²) in [5, 5.41) is 6.60. The van der Waals surface area contributed by atoms with Gasteiger partial charge in [0.1, 0.15) is 5.75 Å². The highest BCUT2D eigenvalue weighted by molar-refractivity contribution is 14.0. The maximum absolute atomic E-state index is 12.6. The van der Waals surface area contributed by atoms with Gasteiger partial charge in [0.15, 0.2) is 5.96 Å². The fraction of sp³-hybridized carbons (Fsp3) is 0.440. The van der Waals surface area contributed by atoms with Crippen molar-refractivity contribution in [2.45, 2.75) is 19.8 Å². The lowest BCUT2D eigenvalue weighted by Gasteiger charge is -2.36. The number of carbonyl (C=O) groups excluding carboxylic acids is 1. The number of piperazine rings is 1. The van der Waals surface area contributed by atoms with Gasteiger partial charge < -0.3 is 25.2 Å². The van der Waals surface area contributed by atoms with Crippen molar-refractivity contribution in [2.24, 2.45) is 4.99 Å². The summed E-state index contributed by atoms with van der Waals surface area (Å²) in [4.78, 5) is 21.5. The molecule has 1 aliphatic heterocycles. The van der Waals surface area contributed by atoms with E-state index in [1.165, 1.54) is 11.3 Å². The molecule has 1 amide bonds. The van der Waals surface area contributed by atoms with E-state index in [1.807, 2.05) is 30.0 Å². The molecule has 0 unspecified atom stereocenters. The molecule has 1 aliphatic rings. The largest absolute Gasteiger partial charge is 0.497 e. The van der Waals surface area contributed by atoms with Crippen LogP contribution in [0.5, 0.6) is 5.75 Å². The number of carbonyl (C=O) groups is 1. The predicted octanol–water partition coefficient (Wildman–Crippen LogP) is 3.15. The first-order valence-electron chi connectivity index (χ1n) is 11.4. The number of nitrogens with zero attached hydrogens (tertiary/aromatic N) is 3. The number of guanidine groups is 1. The Kier molecular flexibility index (Phi) is 11.9. The van der Waals surface area contributed by atoms with E-state index in [0.29, 0.717) is 13.0 Å². The van der Waals surface area contributed by atoms with Crippen LogP contribution in [0.3, 0.4) is 0 Å². The molecule has 1 saturated heterocycles. The second kappa shape index (κ2) is 14.6. The van der Waals surface area contributed by atoms with E-state index in [1.54, 1.807) is 7.11 Å². The van der Waals surface area contributed by atoms with Crippen LogP contribution in [0.2, 0.25) is 0 Å². The van der Waals surface area contributed by atoms with Crippen LogP contribution in [-0.2, 0) is 11.2 Å². The van der Waals surface area contributed by atoms with Crippen LogP contribution >= 0.6 is 24.0 Å².